The molecule has 1 saturated carbocycles. The van der Waals surface area contributed by atoms with Gasteiger partial charge >= 0.3 is 5.97 Å². The Hall–Kier alpha value is -2.73. The average Bonchev–Trinajstić information content (AvgIpc) is 3.26. The third-order valence-corrected chi connectivity index (χ3v) is 8.31. The first kappa shape index (κ1) is 23.0. The molecule has 0 bridgehead atoms. The van der Waals surface area contributed by atoms with Gasteiger partial charge in [0.1, 0.15) is 5.58 Å². The molecule has 3 aromatic rings. The average molecular weight is 478 g/mol. The van der Waals surface area contributed by atoms with Gasteiger partial charge in [-0.1, -0.05) is 55.7 Å². The first-order chi connectivity index (χ1) is 16.6. The van der Waals surface area contributed by atoms with E-state index >= 15 is 0 Å². The fourth-order valence-electron chi connectivity index (χ4n) is 5.09. The number of rotatable bonds is 6. The lowest BCUT2D eigenvalue weighted by molar-refractivity contribution is -0.126. The van der Waals surface area contributed by atoms with Crippen LogP contribution in [0.2, 0.25) is 0 Å². The minimum atomic E-state index is -0.897. The number of furan rings is 1. The standard InChI is InChI=1S/C28H31NO4S/c1-19(27(30)29-17-9-11-20-10-5-7-15-24(20)29)32-28(31)26-23(18-34-21-12-3-2-4-13-21)22-14-6-8-16-25(22)33-26/h5-8,10,14-16,19,21H,2-4,9,11-13,17-18H2,1H3/t19-/m0/s1. The maximum Gasteiger partial charge on any atom is 0.375 e. The van der Waals surface area contributed by atoms with Crippen molar-refractivity contribution in [3.63, 3.8) is 0 Å². The number of anilines is 1. The number of thioether (sulfide) groups is 1. The third-order valence-electron chi connectivity index (χ3n) is 6.91. The SMILES string of the molecule is C[C@H](OC(=O)c1oc2ccccc2c1CSC1CCCCC1)C(=O)N1CCCc2ccccc21. The minimum Gasteiger partial charge on any atom is -0.449 e. The second kappa shape index (κ2) is 10.3. The molecular formula is C28H31NO4S. The first-order valence-corrected chi connectivity index (χ1v) is 13.4. The molecule has 0 spiro atoms. The number of esters is 1. The molecule has 1 fully saturated rings. The highest BCUT2D eigenvalue weighted by atomic mass is 32.2. The van der Waals surface area contributed by atoms with E-state index in [0.29, 0.717) is 23.1 Å². The fraction of sp³-hybridized carbons (Fsp3) is 0.429. The van der Waals surface area contributed by atoms with E-state index in [1.165, 1.54) is 32.1 Å². The molecule has 34 heavy (non-hydrogen) atoms. The van der Waals surface area contributed by atoms with Crippen LogP contribution in [0.25, 0.3) is 11.0 Å². The van der Waals surface area contributed by atoms with Gasteiger partial charge in [0.2, 0.25) is 5.76 Å². The summed E-state index contributed by atoms with van der Waals surface area (Å²) >= 11 is 1.90. The predicted molar refractivity (Wildman–Crippen MR) is 136 cm³/mol. The van der Waals surface area contributed by atoms with Gasteiger partial charge in [0, 0.05) is 34.2 Å². The Balaban J connectivity index is 1.33. The van der Waals surface area contributed by atoms with Crippen LogP contribution in [-0.2, 0) is 21.7 Å². The summed E-state index contributed by atoms with van der Waals surface area (Å²) in [6.07, 6.45) is 7.27. The lowest BCUT2D eigenvalue weighted by Gasteiger charge is -2.31. The molecule has 0 saturated heterocycles. The maximum absolute atomic E-state index is 13.2. The van der Waals surface area contributed by atoms with Crippen LogP contribution in [0.1, 0.15) is 67.1 Å². The van der Waals surface area contributed by atoms with Gasteiger partial charge in [-0.25, -0.2) is 4.79 Å². The van der Waals surface area contributed by atoms with E-state index in [4.69, 9.17) is 9.15 Å². The highest BCUT2D eigenvalue weighted by Gasteiger charge is 2.31. The Morgan fingerprint density at radius 3 is 2.68 bits per heavy atom. The monoisotopic (exact) mass is 477 g/mol. The molecule has 6 heteroatoms. The number of hydrogen-bond acceptors (Lipinski definition) is 5. The maximum atomic E-state index is 13.2. The van der Waals surface area contributed by atoms with Gasteiger partial charge in [-0.05, 0) is 50.3 Å². The van der Waals surface area contributed by atoms with Crippen LogP contribution in [0.15, 0.2) is 52.9 Å². The molecule has 2 heterocycles. The van der Waals surface area contributed by atoms with Crippen LogP contribution >= 0.6 is 11.8 Å². The summed E-state index contributed by atoms with van der Waals surface area (Å²) in [5.41, 5.74) is 3.62. The van der Waals surface area contributed by atoms with Crippen LogP contribution in [0.5, 0.6) is 0 Å². The van der Waals surface area contributed by atoms with Crippen molar-refractivity contribution in [2.75, 3.05) is 11.4 Å². The normalized spacial score (nSPS) is 17.4. The van der Waals surface area contributed by atoms with Crippen LogP contribution < -0.4 is 4.90 Å². The van der Waals surface area contributed by atoms with Gasteiger partial charge in [0.15, 0.2) is 6.10 Å². The number of carbonyl (C=O) groups is 2. The molecule has 0 N–H and O–H groups in total. The first-order valence-electron chi connectivity index (χ1n) is 12.3. The third kappa shape index (κ3) is 4.74. The number of benzene rings is 2. The topological polar surface area (TPSA) is 59.8 Å². The summed E-state index contributed by atoms with van der Waals surface area (Å²) in [6.45, 7) is 2.28. The van der Waals surface area contributed by atoms with Crippen molar-refractivity contribution in [3.05, 3.63) is 65.4 Å². The largest absolute Gasteiger partial charge is 0.449 e. The van der Waals surface area contributed by atoms with Gasteiger partial charge in [-0.15, -0.1) is 0 Å². The molecule has 1 amide bonds. The second-order valence-corrected chi connectivity index (χ2v) is 10.5. The van der Waals surface area contributed by atoms with Gasteiger partial charge in [-0.3, -0.25) is 4.79 Å². The molecule has 1 aliphatic heterocycles. The smallest absolute Gasteiger partial charge is 0.375 e. The Morgan fingerprint density at radius 2 is 1.82 bits per heavy atom. The number of para-hydroxylation sites is 2. The number of hydrogen-bond donors (Lipinski definition) is 0. The molecule has 1 aromatic heterocycles. The van der Waals surface area contributed by atoms with Crippen molar-refractivity contribution in [2.24, 2.45) is 0 Å². The number of aryl methyl sites for hydroxylation is 1. The molecule has 178 valence electrons. The number of amides is 1. The van der Waals surface area contributed by atoms with E-state index in [9.17, 15) is 9.59 Å². The van der Waals surface area contributed by atoms with E-state index in [0.717, 1.165) is 35.0 Å². The summed E-state index contributed by atoms with van der Waals surface area (Å²) < 4.78 is 11.7. The highest BCUT2D eigenvalue weighted by molar-refractivity contribution is 7.99. The highest BCUT2D eigenvalue weighted by Crippen LogP contribution is 2.35. The van der Waals surface area contributed by atoms with Crippen LogP contribution in [0, 0.1) is 0 Å². The van der Waals surface area contributed by atoms with Crippen molar-refractivity contribution < 1.29 is 18.7 Å². The van der Waals surface area contributed by atoms with Crippen LogP contribution in [-0.4, -0.2) is 29.8 Å². The quantitative estimate of drug-likeness (QED) is 0.378. The van der Waals surface area contributed by atoms with Gasteiger partial charge in [0.25, 0.3) is 5.91 Å². The molecule has 2 aromatic carbocycles. The number of fused-ring (bicyclic) bond motifs is 2. The summed E-state index contributed by atoms with van der Waals surface area (Å²) in [7, 11) is 0. The van der Waals surface area contributed by atoms with E-state index in [1.807, 2.05) is 54.2 Å². The number of carbonyl (C=O) groups excluding carboxylic acids is 2. The zero-order valence-electron chi connectivity index (χ0n) is 19.6. The van der Waals surface area contributed by atoms with E-state index in [-0.39, 0.29) is 11.7 Å². The summed E-state index contributed by atoms with van der Waals surface area (Å²) in [5.74, 6) is 0.160. The van der Waals surface area contributed by atoms with Crippen LogP contribution in [0.4, 0.5) is 5.69 Å². The molecule has 0 unspecified atom stereocenters. The van der Waals surface area contributed by atoms with Crippen molar-refractivity contribution in [2.45, 2.75) is 69.0 Å². The van der Waals surface area contributed by atoms with Crippen molar-refractivity contribution >= 4 is 40.3 Å². The van der Waals surface area contributed by atoms with Gasteiger partial charge < -0.3 is 14.1 Å². The number of ether oxygens (including phenoxy) is 1. The molecule has 5 rings (SSSR count). The lowest BCUT2D eigenvalue weighted by Crippen LogP contribution is -2.42. The molecular weight excluding hydrogens is 446 g/mol. The Bertz CT molecular complexity index is 1180. The van der Waals surface area contributed by atoms with Crippen molar-refractivity contribution in [1.82, 2.24) is 0 Å². The molecule has 0 radical (unpaired) electrons. The summed E-state index contributed by atoms with van der Waals surface area (Å²) in [6, 6.07) is 15.7. The zero-order valence-corrected chi connectivity index (χ0v) is 20.4. The zero-order chi connectivity index (χ0) is 23.5. The second-order valence-electron chi connectivity index (χ2n) is 9.25. The predicted octanol–water partition coefficient (Wildman–Crippen LogP) is 6.52. The Labute approximate surface area is 204 Å². The minimum absolute atomic E-state index is 0.199. The van der Waals surface area contributed by atoms with Gasteiger partial charge in [0.05, 0.1) is 0 Å². The number of nitrogens with zero attached hydrogens (tertiary/aromatic N) is 1. The van der Waals surface area contributed by atoms with E-state index in [2.05, 4.69) is 6.07 Å². The molecule has 1 atom stereocenters. The van der Waals surface area contributed by atoms with Crippen LogP contribution in [0.3, 0.4) is 0 Å². The summed E-state index contributed by atoms with van der Waals surface area (Å²) in [5, 5.41) is 1.56. The Morgan fingerprint density at radius 1 is 1.06 bits per heavy atom. The van der Waals surface area contributed by atoms with E-state index in [1.54, 1.807) is 11.8 Å². The van der Waals surface area contributed by atoms with E-state index < -0.39 is 12.1 Å². The summed E-state index contributed by atoms with van der Waals surface area (Å²) in [4.78, 5) is 28.2. The molecule has 1 aliphatic carbocycles. The Kier molecular flexibility index (Phi) is 6.95. The molecule has 5 nitrogen and oxygen atoms in total. The van der Waals surface area contributed by atoms with Gasteiger partial charge in [-0.2, -0.15) is 11.8 Å². The van der Waals surface area contributed by atoms with Crippen molar-refractivity contribution in [1.29, 1.82) is 0 Å². The lowest BCUT2D eigenvalue weighted by atomic mass is 10.0. The molecule has 2 aliphatic rings. The van der Waals surface area contributed by atoms with Crippen molar-refractivity contribution in [3.8, 4) is 0 Å². The fourth-order valence-corrected chi connectivity index (χ4v) is 6.44.